The second kappa shape index (κ2) is 4.87. The molecule has 1 aliphatic carbocycles. The van der Waals surface area contributed by atoms with E-state index in [1.54, 1.807) is 0 Å². The van der Waals surface area contributed by atoms with Gasteiger partial charge in [0.15, 0.2) is 5.60 Å². The highest BCUT2D eigenvalue weighted by atomic mass is 16.6. The maximum absolute atomic E-state index is 5.71. The van der Waals surface area contributed by atoms with Gasteiger partial charge >= 0.3 is 0 Å². The van der Waals surface area contributed by atoms with E-state index in [1.807, 2.05) is 6.08 Å². The van der Waals surface area contributed by atoms with Crippen LogP contribution in [-0.2, 0) is 4.74 Å². The SMILES string of the molecule is C=CC12CCCCCCCCCC=C1O2. The van der Waals surface area contributed by atoms with E-state index in [1.165, 1.54) is 57.1 Å². The molecule has 1 saturated heterocycles. The van der Waals surface area contributed by atoms with E-state index < -0.39 is 0 Å². The van der Waals surface area contributed by atoms with Gasteiger partial charge in [0, 0.05) is 0 Å². The van der Waals surface area contributed by atoms with Crippen LogP contribution in [0.1, 0.15) is 57.8 Å². The average molecular weight is 206 g/mol. The van der Waals surface area contributed by atoms with E-state index in [-0.39, 0.29) is 5.60 Å². The Kier molecular flexibility index (Phi) is 3.50. The third kappa shape index (κ3) is 2.64. The molecule has 1 unspecified atom stereocenters. The molecule has 84 valence electrons. The minimum absolute atomic E-state index is 0.0425. The Balaban J connectivity index is 1.92. The monoisotopic (exact) mass is 206 g/mol. The zero-order chi connectivity index (χ0) is 10.6. The van der Waals surface area contributed by atoms with Crippen LogP contribution in [0.25, 0.3) is 0 Å². The quantitative estimate of drug-likeness (QED) is 0.459. The van der Waals surface area contributed by atoms with Crippen molar-refractivity contribution in [3.8, 4) is 0 Å². The van der Waals surface area contributed by atoms with E-state index in [0.29, 0.717) is 0 Å². The number of rotatable bonds is 1. The number of allylic oxidation sites excluding steroid dienone is 1. The van der Waals surface area contributed by atoms with E-state index in [2.05, 4.69) is 12.7 Å². The zero-order valence-electron chi connectivity index (χ0n) is 9.63. The molecule has 0 aromatic heterocycles. The van der Waals surface area contributed by atoms with Gasteiger partial charge in [-0.25, -0.2) is 0 Å². The lowest BCUT2D eigenvalue weighted by molar-refractivity contribution is 0.336. The van der Waals surface area contributed by atoms with Crippen LogP contribution < -0.4 is 0 Å². The van der Waals surface area contributed by atoms with Crippen molar-refractivity contribution >= 4 is 0 Å². The van der Waals surface area contributed by atoms with Crippen LogP contribution >= 0.6 is 0 Å². The fraction of sp³-hybridized carbons (Fsp3) is 0.714. The zero-order valence-corrected chi connectivity index (χ0v) is 9.63. The van der Waals surface area contributed by atoms with Crippen molar-refractivity contribution in [3.63, 3.8) is 0 Å². The highest BCUT2D eigenvalue weighted by Crippen LogP contribution is 2.46. The third-order valence-electron chi connectivity index (χ3n) is 3.58. The lowest BCUT2D eigenvalue weighted by Gasteiger charge is -2.05. The van der Waals surface area contributed by atoms with Gasteiger partial charge < -0.3 is 4.74 Å². The standard InChI is InChI=1S/C14H22O/c1-2-14-12-10-8-6-4-3-5-7-9-11-13(14)15-14/h2,11H,1,3-10,12H2. The summed E-state index contributed by atoms with van der Waals surface area (Å²) in [6.07, 6.45) is 16.2. The summed E-state index contributed by atoms with van der Waals surface area (Å²) in [7, 11) is 0. The molecule has 1 aliphatic heterocycles. The number of hydrogen-bond acceptors (Lipinski definition) is 1. The molecule has 0 aromatic rings. The normalized spacial score (nSPS) is 32.4. The molecule has 0 saturated carbocycles. The van der Waals surface area contributed by atoms with Gasteiger partial charge in [0.05, 0.1) is 0 Å². The topological polar surface area (TPSA) is 12.5 Å². The van der Waals surface area contributed by atoms with Crippen molar-refractivity contribution in [1.29, 1.82) is 0 Å². The first-order valence-electron chi connectivity index (χ1n) is 6.41. The molecule has 1 nitrogen and oxygen atoms in total. The summed E-state index contributed by atoms with van der Waals surface area (Å²) in [5, 5.41) is 0. The van der Waals surface area contributed by atoms with E-state index in [0.717, 1.165) is 6.42 Å². The summed E-state index contributed by atoms with van der Waals surface area (Å²) in [6.45, 7) is 3.90. The molecule has 15 heavy (non-hydrogen) atoms. The van der Waals surface area contributed by atoms with Crippen LogP contribution in [0, 0.1) is 0 Å². The Labute approximate surface area is 93.2 Å². The molecule has 2 aliphatic rings. The first-order valence-corrected chi connectivity index (χ1v) is 6.41. The number of epoxide rings is 1. The molecule has 1 heterocycles. The Morgan fingerprint density at radius 2 is 1.73 bits per heavy atom. The van der Waals surface area contributed by atoms with Gasteiger partial charge in [-0.15, -0.1) is 0 Å². The molecule has 0 aromatic carbocycles. The van der Waals surface area contributed by atoms with Crippen molar-refractivity contribution in [1.82, 2.24) is 0 Å². The molecular weight excluding hydrogens is 184 g/mol. The Morgan fingerprint density at radius 1 is 1.07 bits per heavy atom. The van der Waals surface area contributed by atoms with E-state index in [4.69, 9.17) is 4.74 Å². The fourth-order valence-corrected chi connectivity index (χ4v) is 2.45. The van der Waals surface area contributed by atoms with Crippen LogP contribution in [0.3, 0.4) is 0 Å². The second-order valence-electron chi connectivity index (χ2n) is 4.78. The largest absolute Gasteiger partial charge is 0.475 e. The molecule has 1 atom stereocenters. The first kappa shape index (κ1) is 10.8. The summed E-state index contributed by atoms with van der Waals surface area (Å²) < 4.78 is 5.71. The molecule has 2 rings (SSSR count). The molecule has 0 spiro atoms. The van der Waals surface area contributed by atoms with Gasteiger partial charge in [0.1, 0.15) is 5.76 Å². The predicted molar refractivity (Wildman–Crippen MR) is 63.6 cm³/mol. The number of ether oxygens (including phenoxy) is 1. The Hall–Kier alpha value is -0.720. The molecule has 0 bridgehead atoms. The third-order valence-corrected chi connectivity index (χ3v) is 3.58. The van der Waals surface area contributed by atoms with Gasteiger partial charge in [0.2, 0.25) is 0 Å². The first-order chi connectivity index (χ1) is 7.37. The highest BCUT2D eigenvalue weighted by molar-refractivity contribution is 5.32. The smallest absolute Gasteiger partial charge is 0.183 e. The van der Waals surface area contributed by atoms with Gasteiger partial charge in [-0.05, 0) is 37.8 Å². The average Bonchev–Trinajstić information content (AvgIpc) is 2.93. The van der Waals surface area contributed by atoms with E-state index >= 15 is 0 Å². The molecule has 0 radical (unpaired) electrons. The molecule has 1 heteroatoms. The molecule has 0 amide bonds. The summed E-state index contributed by atoms with van der Waals surface area (Å²) in [6, 6.07) is 0. The van der Waals surface area contributed by atoms with Crippen LogP contribution in [0.2, 0.25) is 0 Å². The van der Waals surface area contributed by atoms with Crippen LogP contribution in [0.5, 0.6) is 0 Å². The van der Waals surface area contributed by atoms with Crippen molar-refractivity contribution in [2.75, 3.05) is 0 Å². The number of hydrogen-bond donors (Lipinski definition) is 0. The lowest BCUT2D eigenvalue weighted by Crippen LogP contribution is -2.05. The molecule has 0 N–H and O–H groups in total. The minimum Gasteiger partial charge on any atom is -0.475 e. The summed E-state index contributed by atoms with van der Waals surface area (Å²) in [4.78, 5) is 0. The summed E-state index contributed by atoms with van der Waals surface area (Å²) in [5.41, 5.74) is -0.0425. The van der Waals surface area contributed by atoms with Gasteiger partial charge in [-0.3, -0.25) is 0 Å². The van der Waals surface area contributed by atoms with Crippen molar-refractivity contribution in [3.05, 3.63) is 24.5 Å². The molecular formula is C14H22O. The van der Waals surface area contributed by atoms with Crippen LogP contribution in [-0.4, -0.2) is 5.60 Å². The maximum Gasteiger partial charge on any atom is 0.183 e. The van der Waals surface area contributed by atoms with Crippen molar-refractivity contribution in [2.24, 2.45) is 0 Å². The van der Waals surface area contributed by atoms with Gasteiger partial charge in [-0.2, -0.15) is 0 Å². The lowest BCUT2D eigenvalue weighted by atomic mass is 9.97. The predicted octanol–water partition coefficient (Wildman–Crippen LogP) is 4.35. The minimum atomic E-state index is -0.0425. The van der Waals surface area contributed by atoms with Crippen molar-refractivity contribution in [2.45, 2.75) is 63.4 Å². The van der Waals surface area contributed by atoms with Gasteiger partial charge in [-0.1, -0.05) is 38.7 Å². The number of fused-ring (bicyclic) bond motifs is 1. The highest BCUT2D eigenvalue weighted by Gasteiger charge is 2.48. The van der Waals surface area contributed by atoms with Crippen LogP contribution in [0.4, 0.5) is 0 Å². The molecule has 1 fully saturated rings. The fourth-order valence-electron chi connectivity index (χ4n) is 2.45. The van der Waals surface area contributed by atoms with E-state index in [9.17, 15) is 0 Å². The Bertz CT molecular complexity index is 254. The van der Waals surface area contributed by atoms with Crippen LogP contribution in [0.15, 0.2) is 24.5 Å². The van der Waals surface area contributed by atoms with Crippen molar-refractivity contribution < 1.29 is 4.74 Å². The maximum atomic E-state index is 5.71. The van der Waals surface area contributed by atoms with Gasteiger partial charge in [0.25, 0.3) is 0 Å². The Morgan fingerprint density at radius 3 is 2.47 bits per heavy atom. The summed E-state index contributed by atoms with van der Waals surface area (Å²) in [5.74, 6) is 1.19. The summed E-state index contributed by atoms with van der Waals surface area (Å²) >= 11 is 0. The second-order valence-corrected chi connectivity index (χ2v) is 4.78.